The topological polar surface area (TPSA) is 12.5 Å². The van der Waals surface area contributed by atoms with E-state index in [0.29, 0.717) is 21.7 Å². The van der Waals surface area contributed by atoms with E-state index in [1.165, 1.54) is 0 Å². The normalized spacial score (nSPS) is 13.5. The van der Waals surface area contributed by atoms with Gasteiger partial charge in [-0.1, -0.05) is 23.2 Å². The third-order valence-electron chi connectivity index (χ3n) is 2.65. The van der Waals surface area contributed by atoms with Crippen molar-refractivity contribution >= 4 is 40.5 Å². The molecule has 17 heavy (non-hydrogen) atoms. The van der Waals surface area contributed by atoms with Crippen molar-refractivity contribution in [3.63, 3.8) is 0 Å². The van der Waals surface area contributed by atoms with Crippen LogP contribution in [0, 0.1) is 6.92 Å². The van der Waals surface area contributed by atoms with E-state index in [2.05, 4.69) is 0 Å². The van der Waals surface area contributed by atoms with Crippen LogP contribution in [0.4, 0.5) is 5.69 Å². The maximum Gasteiger partial charge on any atom is 0.169 e. The predicted molar refractivity (Wildman–Crippen MR) is 73.7 cm³/mol. The SMILES string of the molecule is Cc1c(Cl)cc2c(c1Cl)OC=CN2CCCCl. The van der Waals surface area contributed by atoms with Crippen molar-refractivity contribution in [2.75, 3.05) is 17.3 Å². The van der Waals surface area contributed by atoms with Gasteiger partial charge in [0.05, 0.1) is 10.7 Å². The van der Waals surface area contributed by atoms with Crippen LogP contribution in [0.1, 0.15) is 12.0 Å². The Morgan fingerprint density at radius 3 is 2.82 bits per heavy atom. The lowest BCUT2D eigenvalue weighted by Crippen LogP contribution is -2.21. The summed E-state index contributed by atoms with van der Waals surface area (Å²) in [5.74, 6) is 1.28. The highest BCUT2D eigenvalue weighted by Crippen LogP contribution is 2.43. The molecule has 0 atom stereocenters. The van der Waals surface area contributed by atoms with E-state index in [4.69, 9.17) is 39.5 Å². The van der Waals surface area contributed by atoms with E-state index in [0.717, 1.165) is 24.2 Å². The molecule has 0 N–H and O–H groups in total. The van der Waals surface area contributed by atoms with Gasteiger partial charge in [-0.2, -0.15) is 0 Å². The van der Waals surface area contributed by atoms with Crippen LogP contribution >= 0.6 is 34.8 Å². The summed E-state index contributed by atoms with van der Waals surface area (Å²) in [6, 6.07) is 1.87. The van der Waals surface area contributed by atoms with E-state index in [1.54, 1.807) is 6.26 Å². The molecular formula is C12H12Cl3NO. The molecule has 2 rings (SSSR count). The van der Waals surface area contributed by atoms with Crippen LogP contribution in [0.3, 0.4) is 0 Å². The Balaban J connectivity index is 2.40. The van der Waals surface area contributed by atoms with Crippen molar-refractivity contribution in [2.45, 2.75) is 13.3 Å². The van der Waals surface area contributed by atoms with Gasteiger partial charge in [0.15, 0.2) is 5.75 Å². The number of hydrogen-bond donors (Lipinski definition) is 0. The lowest BCUT2D eigenvalue weighted by molar-refractivity contribution is 0.469. The molecule has 1 aliphatic heterocycles. The first kappa shape index (κ1) is 12.9. The van der Waals surface area contributed by atoms with Gasteiger partial charge in [0.25, 0.3) is 0 Å². The largest absolute Gasteiger partial charge is 0.460 e. The smallest absolute Gasteiger partial charge is 0.169 e. The molecule has 0 aromatic heterocycles. The summed E-state index contributed by atoms with van der Waals surface area (Å²) in [6.07, 6.45) is 4.36. The minimum atomic E-state index is 0.563. The quantitative estimate of drug-likeness (QED) is 0.755. The van der Waals surface area contributed by atoms with E-state index >= 15 is 0 Å². The molecule has 1 aliphatic rings. The first-order valence-electron chi connectivity index (χ1n) is 5.29. The van der Waals surface area contributed by atoms with Gasteiger partial charge in [-0.05, 0) is 25.0 Å². The van der Waals surface area contributed by atoms with Crippen molar-refractivity contribution in [2.24, 2.45) is 0 Å². The number of halogens is 3. The zero-order valence-corrected chi connectivity index (χ0v) is 11.6. The second-order valence-electron chi connectivity index (χ2n) is 3.78. The summed E-state index contributed by atoms with van der Waals surface area (Å²) in [4.78, 5) is 2.04. The van der Waals surface area contributed by atoms with Crippen molar-refractivity contribution in [1.29, 1.82) is 0 Å². The number of nitrogens with zero attached hydrogens (tertiary/aromatic N) is 1. The van der Waals surface area contributed by atoms with Crippen molar-refractivity contribution < 1.29 is 4.74 Å². The van der Waals surface area contributed by atoms with Crippen molar-refractivity contribution in [3.8, 4) is 5.75 Å². The molecule has 5 heteroatoms. The molecule has 0 saturated heterocycles. The van der Waals surface area contributed by atoms with Crippen LogP contribution in [-0.4, -0.2) is 12.4 Å². The standard InChI is InChI=1S/C12H12Cl3NO/c1-8-9(14)7-10-12(11(8)15)17-6-5-16(10)4-2-3-13/h5-7H,2-4H2,1H3. The molecule has 1 heterocycles. The van der Waals surface area contributed by atoms with Gasteiger partial charge in [0.1, 0.15) is 6.26 Å². The molecule has 0 saturated carbocycles. The summed E-state index contributed by atoms with van der Waals surface area (Å²) < 4.78 is 5.45. The van der Waals surface area contributed by atoms with E-state index in [1.807, 2.05) is 24.1 Å². The van der Waals surface area contributed by atoms with Gasteiger partial charge >= 0.3 is 0 Å². The molecule has 0 unspecified atom stereocenters. The van der Waals surface area contributed by atoms with Gasteiger partial charge < -0.3 is 9.64 Å². The van der Waals surface area contributed by atoms with Crippen LogP contribution in [0.25, 0.3) is 0 Å². The number of alkyl halides is 1. The number of fused-ring (bicyclic) bond motifs is 1. The summed E-state index contributed by atoms with van der Waals surface area (Å²) in [5, 5.41) is 1.20. The molecule has 0 radical (unpaired) electrons. The number of benzene rings is 1. The van der Waals surface area contributed by atoms with Gasteiger partial charge in [-0.25, -0.2) is 0 Å². The Morgan fingerprint density at radius 1 is 1.35 bits per heavy atom. The van der Waals surface area contributed by atoms with Crippen molar-refractivity contribution in [1.82, 2.24) is 0 Å². The lowest BCUT2D eigenvalue weighted by Gasteiger charge is -2.27. The van der Waals surface area contributed by atoms with E-state index < -0.39 is 0 Å². The van der Waals surface area contributed by atoms with Crippen LogP contribution in [-0.2, 0) is 0 Å². The second-order valence-corrected chi connectivity index (χ2v) is 4.95. The van der Waals surface area contributed by atoms with Crippen LogP contribution < -0.4 is 9.64 Å². The second kappa shape index (κ2) is 5.38. The third kappa shape index (κ3) is 2.49. The fourth-order valence-electron chi connectivity index (χ4n) is 1.68. The van der Waals surface area contributed by atoms with Gasteiger partial charge in [-0.15, -0.1) is 11.6 Å². The highest BCUT2D eigenvalue weighted by molar-refractivity contribution is 6.37. The minimum absolute atomic E-state index is 0.563. The van der Waals surface area contributed by atoms with Gasteiger partial charge in [0, 0.05) is 23.6 Å². The summed E-state index contributed by atoms with van der Waals surface area (Å²) in [5.41, 5.74) is 1.72. The Kier molecular flexibility index (Phi) is 4.08. The minimum Gasteiger partial charge on any atom is -0.460 e. The maximum absolute atomic E-state index is 6.22. The van der Waals surface area contributed by atoms with Crippen molar-refractivity contribution in [3.05, 3.63) is 34.1 Å². The summed E-state index contributed by atoms with van der Waals surface area (Å²) >= 11 is 18.1. The summed E-state index contributed by atoms with van der Waals surface area (Å²) in [7, 11) is 0. The predicted octanol–water partition coefficient (Wildman–Crippen LogP) is 4.60. The summed E-state index contributed by atoms with van der Waals surface area (Å²) in [6.45, 7) is 2.68. The lowest BCUT2D eigenvalue weighted by atomic mass is 10.1. The van der Waals surface area contributed by atoms with Gasteiger partial charge in [-0.3, -0.25) is 0 Å². The average Bonchev–Trinajstić information content (AvgIpc) is 2.34. The first-order valence-corrected chi connectivity index (χ1v) is 6.58. The molecule has 2 nitrogen and oxygen atoms in total. The fourth-order valence-corrected chi connectivity index (χ4v) is 2.29. The maximum atomic E-state index is 6.22. The molecule has 0 aliphatic carbocycles. The first-order chi connectivity index (χ1) is 8.15. The number of rotatable bonds is 3. The molecule has 0 fully saturated rings. The van der Waals surface area contributed by atoms with Crippen LogP contribution in [0.2, 0.25) is 10.0 Å². The Bertz CT molecular complexity index is 460. The molecule has 0 bridgehead atoms. The van der Waals surface area contributed by atoms with Crippen LogP contribution in [0.15, 0.2) is 18.5 Å². The Labute approximate surface area is 116 Å². The number of anilines is 1. The average molecular weight is 293 g/mol. The number of hydrogen-bond acceptors (Lipinski definition) is 2. The molecule has 0 spiro atoms. The Morgan fingerprint density at radius 2 is 2.12 bits per heavy atom. The zero-order chi connectivity index (χ0) is 12.4. The van der Waals surface area contributed by atoms with Gasteiger partial charge in [0.2, 0.25) is 0 Å². The monoisotopic (exact) mass is 291 g/mol. The zero-order valence-electron chi connectivity index (χ0n) is 9.34. The third-order valence-corrected chi connectivity index (χ3v) is 3.77. The molecule has 0 amide bonds. The van der Waals surface area contributed by atoms with Crippen LogP contribution in [0.5, 0.6) is 5.75 Å². The van der Waals surface area contributed by atoms with E-state index in [9.17, 15) is 0 Å². The van der Waals surface area contributed by atoms with E-state index in [-0.39, 0.29) is 0 Å². The molecule has 1 aromatic rings. The fraction of sp³-hybridized carbons (Fsp3) is 0.333. The molecule has 1 aromatic carbocycles. The molecule has 92 valence electrons. The number of ether oxygens (including phenoxy) is 1. The highest BCUT2D eigenvalue weighted by Gasteiger charge is 2.20. The Hall–Kier alpha value is -0.570. The molecular weight excluding hydrogens is 280 g/mol. The highest BCUT2D eigenvalue weighted by atomic mass is 35.5.